The van der Waals surface area contributed by atoms with E-state index in [9.17, 15) is 14.9 Å². The quantitative estimate of drug-likeness (QED) is 0.517. The molecule has 1 aromatic carbocycles. The molecule has 0 amide bonds. The van der Waals surface area contributed by atoms with Gasteiger partial charge in [-0.05, 0) is 18.6 Å². The van der Waals surface area contributed by atoms with E-state index in [2.05, 4.69) is 4.98 Å². The normalized spacial score (nSPS) is 10.3. The van der Waals surface area contributed by atoms with E-state index in [-0.39, 0.29) is 5.56 Å². The predicted molar refractivity (Wildman–Crippen MR) is 78.6 cm³/mol. The summed E-state index contributed by atoms with van der Waals surface area (Å²) in [6.07, 6.45) is 0.988. The first-order valence-corrected chi connectivity index (χ1v) is 7.02. The molecule has 1 aromatic heterocycles. The number of pyridine rings is 1. The highest BCUT2D eigenvalue weighted by Crippen LogP contribution is 2.26. The molecule has 0 bridgehead atoms. The number of nitrogens with zero attached hydrogens (tertiary/aromatic N) is 2. The van der Waals surface area contributed by atoms with Crippen LogP contribution in [-0.2, 0) is 5.75 Å². The van der Waals surface area contributed by atoms with Crippen molar-refractivity contribution in [3.05, 3.63) is 63.3 Å². The third-order valence-corrected chi connectivity index (χ3v) is 3.75. The lowest BCUT2D eigenvalue weighted by Gasteiger charge is -2.04. The van der Waals surface area contributed by atoms with E-state index in [0.717, 1.165) is 17.3 Å². The van der Waals surface area contributed by atoms with E-state index in [4.69, 9.17) is 5.11 Å². The number of carbonyl (C=O) groups is 1. The van der Waals surface area contributed by atoms with Gasteiger partial charge < -0.3 is 5.11 Å². The third-order valence-electron chi connectivity index (χ3n) is 2.75. The fourth-order valence-corrected chi connectivity index (χ4v) is 2.61. The minimum absolute atomic E-state index is 0.346. The molecule has 21 heavy (non-hydrogen) atoms. The Bertz CT molecular complexity index is 703. The molecule has 0 unspecified atom stereocenters. The summed E-state index contributed by atoms with van der Waals surface area (Å²) in [6.45, 7) is 1.99. The second-order valence-corrected chi connectivity index (χ2v) is 5.38. The Morgan fingerprint density at radius 1 is 1.43 bits per heavy atom. The summed E-state index contributed by atoms with van der Waals surface area (Å²) in [4.78, 5) is 25.0. The van der Waals surface area contributed by atoms with Gasteiger partial charge in [0.2, 0.25) is 0 Å². The molecule has 1 N–H and O–H groups in total. The number of hydrogen-bond donors (Lipinski definition) is 1. The van der Waals surface area contributed by atoms with Gasteiger partial charge >= 0.3 is 11.7 Å². The van der Waals surface area contributed by atoms with Crippen LogP contribution in [0.1, 0.15) is 21.5 Å². The number of benzene rings is 1. The van der Waals surface area contributed by atoms with E-state index in [1.165, 1.54) is 17.8 Å². The van der Waals surface area contributed by atoms with Crippen LogP contribution in [0.2, 0.25) is 0 Å². The smallest absolute Gasteiger partial charge is 0.342 e. The Hall–Kier alpha value is -2.41. The van der Waals surface area contributed by atoms with Gasteiger partial charge in [0.25, 0.3) is 0 Å². The summed E-state index contributed by atoms with van der Waals surface area (Å²) in [5.74, 6) is -0.715. The zero-order valence-electron chi connectivity index (χ0n) is 11.1. The van der Waals surface area contributed by atoms with Crippen molar-refractivity contribution in [2.45, 2.75) is 17.7 Å². The van der Waals surface area contributed by atoms with E-state index >= 15 is 0 Å². The summed E-state index contributed by atoms with van der Waals surface area (Å²) < 4.78 is 0. The van der Waals surface area contributed by atoms with Crippen molar-refractivity contribution in [1.82, 2.24) is 4.98 Å². The summed E-state index contributed by atoms with van der Waals surface area (Å²) >= 11 is 1.34. The fourth-order valence-electron chi connectivity index (χ4n) is 1.78. The molecule has 1 heterocycles. The Kier molecular flexibility index (Phi) is 4.54. The molecular formula is C14H12N2O4S. The SMILES string of the molecule is Cc1cccc(CSc2cc(C(=O)O)c([N+](=O)[O-])cn2)c1. The van der Waals surface area contributed by atoms with Crippen molar-refractivity contribution in [2.24, 2.45) is 0 Å². The summed E-state index contributed by atoms with van der Waals surface area (Å²) in [6, 6.07) is 9.15. The third kappa shape index (κ3) is 3.79. The first kappa shape index (κ1) is 15.0. The second-order valence-electron chi connectivity index (χ2n) is 4.38. The van der Waals surface area contributed by atoms with Gasteiger partial charge in [-0.2, -0.15) is 0 Å². The number of carboxylic acid groups (broad SMARTS) is 1. The molecule has 0 aliphatic rings. The zero-order valence-corrected chi connectivity index (χ0v) is 12.0. The molecule has 0 spiro atoms. The lowest BCUT2D eigenvalue weighted by atomic mass is 10.2. The molecule has 2 aromatic rings. The number of carboxylic acids is 1. The number of rotatable bonds is 5. The number of thioether (sulfide) groups is 1. The van der Waals surface area contributed by atoms with E-state index in [0.29, 0.717) is 10.8 Å². The topological polar surface area (TPSA) is 93.3 Å². The average molecular weight is 304 g/mol. The van der Waals surface area contributed by atoms with Gasteiger partial charge in [-0.1, -0.05) is 29.8 Å². The Labute approximate surface area is 125 Å². The molecule has 0 saturated carbocycles. The van der Waals surface area contributed by atoms with Gasteiger partial charge in [0.1, 0.15) is 11.8 Å². The largest absolute Gasteiger partial charge is 0.477 e. The highest BCUT2D eigenvalue weighted by Gasteiger charge is 2.21. The molecular weight excluding hydrogens is 292 g/mol. The van der Waals surface area contributed by atoms with Crippen LogP contribution < -0.4 is 0 Å². The Morgan fingerprint density at radius 2 is 2.19 bits per heavy atom. The van der Waals surface area contributed by atoms with Gasteiger partial charge in [-0.3, -0.25) is 10.1 Å². The van der Waals surface area contributed by atoms with Crippen LogP contribution in [0.5, 0.6) is 0 Å². The first-order valence-electron chi connectivity index (χ1n) is 6.03. The van der Waals surface area contributed by atoms with Crippen molar-refractivity contribution in [3.8, 4) is 0 Å². The second kappa shape index (κ2) is 6.36. The van der Waals surface area contributed by atoms with Crippen LogP contribution in [-0.4, -0.2) is 21.0 Å². The van der Waals surface area contributed by atoms with E-state index in [1.807, 2.05) is 31.2 Å². The number of aryl methyl sites for hydroxylation is 1. The molecule has 6 nitrogen and oxygen atoms in total. The summed E-state index contributed by atoms with van der Waals surface area (Å²) in [5.41, 5.74) is 1.37. The standard InChI is InChI=1S/C14H12N2O4S/c1-9-3-2-4-10(5-9)8-21-13-6-11(14(17)18)12(7-15-13)16(19)20/h2-7H,8H2,1H3,(H,17,18). The molecule has 0 aliphatic carbocycles. The van der Waals surface area contributed by atoms with Crippen LogP contribution in [0.25, 0.3) is 0 Å². The van der Waals surface area contributed by atoms with Crippen LogP contribution >= 0.6 is 11.8 Å². The molecule has 108 valence electrons. The van der Waals surface area contributed by atoms with E-state index in [1.54, 1.807) is 0 Å². The van der Waals surface area contributed by atoms with Gasteiger partial charge in [-0.25, -0.2) is 9.78 Å². The molecule has 0 aliphatic heterocycles. The van der Waals surface area contributed by atoms with Crippen LogP contribution in [0.3, 0.4) is 0 Å². The van der Waals surface area contributed by atoms with Crippen LogP contribution in [0.15, 0.2) is 41.6 Å². The molecule has 7 heteroatoms. The zero-order chi connectivity index (χ0) is 15.4. The highest BCUT2D eigenvalue weighted by molar-refractivity contribution is 7.98. The number of hydrogen-bond acceptors (Lipinski definition) is 5. The molecule has 0 fully saturated rings. The lowest BCUT2D eigenvalue weighted by molar-refractivity contribution is -0.385. The first-order chi connectivity index (χ1) is 9.97. The summed E-state index contributed by atoms with van der Waals surface area (Å²) in [7, 11) is 0. The van der Waals surface area contributed by atoms with Gasteiger partial charge in [0.05, 0.1) is 9.95 Å². The van der Waals surface area contributed by atoms with Crippen LogP contribution in [0.4, 0.5) is 5.69 Å². The van der Waals surface area contributed by atoms with E-state index < -0.39 is 16.6 Å². The van der Waals surface area contributed by atoms with Crippen molar-refractivity contribution >= 4 is 23.4 Å². The number of aromatic nitrogens is 1. The van der Waals surface area contributed by atoms with Crippen molar-refractivity contribution in [3.63, 3.8) is 0 Å². The maximum atomic E-state index is 11.1. The minimum atomic E-state index is -1.33. The minimum Gasteiger partial charge on any atom is -0.477 e. The average Bonchev–Trinajstić information content (AvgIpc) is 2.44. The van der Waals surface area contributed by atoms with Gasteiger partial charge in [0, 0.05) is 5.75 Å². The molecule has 0 atom stereocenters. The fraction of sp³-hybridized carbons (Fsp3) is 0.143. The maximum Gasteiger partial charge on any atom is 0.342 e. The predicted octanol–water partition coefficient (Wildman–Crippen LogP) is 3.29. The molecule has 0 radical (unpaired) electrons. The van der Waals surface area contributed by atoms with Crippen molar-refractivity contribution < 1.29 is 14.8 Å². The Balaban J connectivity index is 2.19. The van der Waals surface area contributed by atoms with Crippen LogP contribution in [0, 0.1) is 17.0 Å². The Morgan fingerprint density at radius 3 is 2.81 bits per heavy atom. The molecule has 2 rings (SSSR count). The lowest BCUT2D eigenvalue weighted by Crippen LogP contribution is -2.03. The number of nitro groups is 1. The van der Waals surface area contributed by atoms with Crippen molar-refractivity contribution in [1.29, 1.82) is 0 Å². The summed E-state index contributed by atoms with van der Waals surface area (Å²) in [5, 5.41) is 20.2. The van der Waals surface area contributed by atoms with Crippen molar-refractivity contribution in [2.75, 3.05) is 0 Å². The highest BCUT2D eigenvalue weighted by atomic mass is 32.2. The maximum absolute atomic E-state index is 11.1. The number of aromatic carboxylic acids is 1. The van der Waals surface area contributed by atoms with Gasteiger partial charge in [0.15, 0.2) is 0 Å². The van der Waals surface area contributed by atoms with Gasteiger partial charge in [-0.15, -0.1) is 11.8 Å². The molecule has 0 saturated heterocycles. The monoisotopic (exact) mass is 304 g/mol.